The average molecular weight is 299 g/mol. The molecule has 2 rings (SSSR count). The Morgan fingerprint density at radius 3 is 2.48 bits per heavy atom. The summed E-state index contributed by atoms with van der Waals surface area (Å²) >= 11 is 4.99. The van der Waals surface area contributed by atoms with Gasteiger partial charge in [-0.05, 0) is 49.3 Å². The smallest absolute Gasteiger partial charge is 0.260 e. The third kappa shape index (κ3) is 4.36. The molecule has 0 spiro atoms. The molecule has 0 bridgehead atoms. The second-order valence-corrected chi connectivity index (χ2v) is 5.00. The maximum Gasteiger partial charge on any atom is 0.260 e. The van der Waals surface area contributed by atoms with Gasteiger partial charge in [-0.2, -0.15) is 0 Å². The quantitative estimate of drug-likeness (QED) is 0.861. The Hall–Kier alpha value is -2.27. The van der Waals surface area contributed by atoms with E-state index in [1.54, 1.807) is 18.3 Å². The van der Waals surface area contributed by atoms with Gasteiger partial charge in [0.1, 0.15) is 0 Å². The zero-order valence-electron chi connectivity index (χ0n) is 11.6. The summed E-state index contributed by atoms with van der Waals surface area (Å²) in [7, 11) is 0. The van der Waals surface area contributed by atoms with Crippen LogP contribution in [0.2, 0.25) is 0 Å². The van der Waals surface area contributed by atoms with Gasteiger partial charge in [-0.3, -0.25) is 14.7 Å². The highest BCUT2D eigenvalue weighted by molar-refractivity contribution is 7.80. The standard InChI is InChI=1S/C16H17N3OS/c17-16(21)19(15(20)13-7-2-1-3-8-13)12-6-10-14-9-4-5-11-18-14/h1-5,7-9,11H,6,10,12H2,(H2,17,21). The zero-order valence-corrected chi connectivity index (χ0v) is 12.4. The summed E-state index contributed by atoms with van der Waals surface area (Å²) in [5, 5.41) is 0.102. The normalized spacial score (nSPS) is 10.1. The molecule has 0 aliphatic heterocycles. The summed E-state index contributed by atoms with van der Waals surface area (Å²) < 4.78 is 0. The van der Waals surface area contributed by atoms with Crippen molar-refractivity contribution >= 4 is 23.2 Å². The summed E-state index contributed by atoms with van der Waals surface area (Å²) in [6.45, 7) is 0.486. The van der Waals surface area contributed by atoms with Crippen LogP contribution < -0.4 is 5.73 Å². The number of rotatable bonds is 5. The molecule has 5 heteroatoms. The maximum absolute atomic E-state index is 12.4. The second kappa shape index (κ2) is 7.50. The SMILES string of the molecule is NC(=S)N(CCCc1ccccn1)C(=O)c1ccccc1. The molecule has 21 heavy (non-hydrogen) atoms. The molecular weight excluding hydrogens is 282 g/mol. The highest BCUT2D eigenvalue weighted by Gasteiger charge is 2.17. The minimum absolute atomic E-state index is 0.102. The topological polar surface area (TPSA) is 59.2 Å². The molecule has 0 fully saturated rings. The van der Waals surface area contributed by atoms with Gasteiger partial charge in [0.2, 0.25) is 0 Å². The lowest BCUT2D eigenvalue weighted by Crippen LogP contribution is -2.41. The van der Waals surface area contributed by atoms with Crippen LogP contribution in [0.3, 0.4) is 0 Å². The van der Waals surface area contributed by atoms with Crippen molar-refractivity contribution in [3.05, 3.63) is 66.0 Å². The fourth-order valence-corrected chi connectivity index (χ4v) is 2.19. The van der Waals surface area contributed by atoms with Crippen LogP contribution in [0.1, 0.15) is 22.5 Å². The van der Waals surface area contributed by atoms with Gasteiger partial charge in [0, 0.05) is 24.0 Å². The Labute approximate surface area is 129 Å². The molecule has 2 N–H and O–H groups in total. The molecule has 108 valence electrons. The third-order valence-electron chi connectivity index (χ3n) is 3.07. The number of amides is 1. The predicted molar refractivity (Wildman–Crippen MR) is 86.8 cm³/mol. The molecule has 2 aromatic rings. The number of thiocarbonyl (C=S) groups is 1. The second-order valence-electron chi connectivity index (χ2n) is 4.59. The molecule has 1 aromatic heterocycles. The fourth-order valence-electron chi connectivity index (χ4n) is 2.01. The summed E-state index contributed by atoms with van der Waals surface area (Å²) in [5.74, 6) is -0.163. The summed E-state index contributed by atoms with van der Waals surface area (Å²) in [6, 6.07) is 14.8. The van der Waals surface area contributed by atoms with Gasteiger partial charge in [-0.15, -0.1) is 0 Å². The maximum atomic E-state index is 12.4. The summed E-state index contributed by atoms with van der Waals surface area (Å²) in [4.78, 5) is 18.1. The number of aryl methyl sites for hydroxylation is 1. The number of nitrogens with zero attached hydrogens (tertiary/aromatic N) is 2. The Morgan fingerprint density at radius 2 is 1.86 bits per heavy atom. The molecule has 0 saturated heterocycles. The largest absolute Gasteiger partial charge is 0.376 e. The van der Waals surface area contributed by atoms with E-state index in [-0.39, 0.29) is 11.0 Å². The van der Waals surface area contributed by atoms with Crippen LogP contribution in [0, 0.1) is 0 Å². The van der Waals surface area contributed by atoms with Crippen molar-refractivity contribution < 1.29 is 4.79 Å². The lowest BCUT2D eigenvalue weighted by molar-refractivity contribution is 0.0847. The van der Waals surface area contributed by atoms with E-state index in [4.69, 9.17) is 18.0 Å². The molecule has 4 nitrogen and oxygen atoms in total. The van der Waals surface area contributed by atoms with Crippen molar-refractivity contribution in [2.75, 3.05) is 6.54 Å². The Kier molecular flexibility index (Phi) is 5.40. The lowest BCUT2D eigenvalue weighted by Gasteiger charge is -2.20. The average Bonchev–Trinajstić information content (AvgIpc) is 2.52. The number of hydrogen-bond donors (Lipinski definition) is 1. The van der Waals surface area contributed by atoms with Crippen molar-refractivity contribution in [1.29, 1.82) is 0 Å². The predicted octanol–water partition coefficient (Wildman–Crippen LogP) is 2.40. The number of benzene rings is 1. The molecule has 0 atom stereocenters. The first-order valence-electron chi connectivity index (χ1n) is 6.75. The Bertz CT molecular complexity index is 601. The highest BCUT2D eigenvalue weighted by Crippen LogP contribution is 2.07. The molecule has 0 aliphatic rings. The highest BCUT2D eigenvalue weighted by atomic mass is 32.1. The van der Waals surface area contributed by atoms with Crippen molar-refractivity contribution in [2.24, 2.45) is 5.73 Å². The summed E-state index contributed by atoms with van der Waals surface area (Å²) in [6.07, 6.45) is 3.30. The fraction of sp³-hybridized carbons (Fsp3) is 0.188. The Balaban J connectivity index is 1.97. The van der Waals surface area contributed by atoms with Crippen LogP contribution in [0.4, 0.5) is 0 Å². The molecule has 0 saturated carbocycles. The molecule has 1 heterocycles. The van der Waals surface area contributed by atoms with Crippen LogP contribution in [0.5, 0.6) is 0 Å². The molecular formula is C16H17N3OS. The molecule has 0 unspecified atom stereocenters. The van der Waals surface area contributed by atoms with Crippen molar-refractivity contribution in [3.8, 4) is 0 Å². The van der Waals surface area contributed by atoms with Gasteiger partial charge in [-0.1, -0.05) is 24.3 Å². The zero-order chi connectivity index (χ0) is 15.1. The number of carbonyl (C=O) groups is 1. The molecule has 0 aliphatic carbocycles. The van der Waals surface area contributed by atoms with Gasteiger partial charge in [0.15, 0.2) is 5.11 Å². The minimum Gasteiger partial charge on any atom is -0.376 e. The van der Waals surface area contributed by atoms with Crippen LogP contribution in [0.25, 0.3) is 0 Å². The molecule has 1 amide bonds. The van der Waals surface area contributed by atoms with E-state index in [0.717, 1.165) is 18.5 Å². The van der Waals surface area contributed by atoms with E-state index in [1.807, 2.05) is 36.4 Å². The van der Waals surface area contributed by atoms with Gasteiger partial charge in [0.05, 0.1) is 0 Å². The van der Waals surface area contributed by atoms with Crippen LogP contribution in [-0.2, 0) is 6.42 Å². The van der Waals surface area contributed by atoms with Crippen molar-refractivity contribution in [3.63, 3.8) is 0 Å². The first kappa shape index (κ1) is 15.1. The van der Waals surface area contributed by atoms with E-state index >= 15 is 0 Å². The van der Waals surface area contributed by atoms with Gasteiger partial charge in [-0.25, -0.2) is 0 Å². The first-order chi connectivity index (χ1) is 10.2. The van der Waals surface area contributed by atoms with Gasteiger partial charge in [0.25, 0.3) is 5.91 Å². The number of hydrogen-bond acceptors (Lipinski definition) is 3. The van der Waals surface area contributed by atoms with Crippen molar-refractivity contribution in [2.45, 2.75) is 12.8 Å². The van der Waals surface area contributed by atoms with E-state index < -0.39 is 0 Å². The number of pyridine rings is 1. The van der Waals surface area contributed by atoms with Crippen LogP contribution in [0.15, 0.2) is 54.7 Å². The van der Waals surface area contributed by atoms with Gasteiger partial charge < -0.3 is 5.73 Å². The Morgan fingerprint density at radius 1 is 1.14 bits per heavy atom. The molecule has 0 radical (unpaired) electrons. The van der Waals surface area contributed by atoms with Crippen molar-refractivity contribution in [1.82, 2.24) is 9.88 Å². The monoisotopic (exact) mass is 299 g/mol. The van der Waals surface area contributed by atoms with Crippen LogP contribution >= 0.6 is 12.2 Å². The first-order valence-corrected chi connectivity index (χ1v) is 7.15. The number of nitrogens with two attached hydrogens (primary N) is 1. The number of carbonyl (C=O) groups excluding carboxylic acids is 1. The van der Waals surface area contributed by atoms with E-state index in [2.05, 4.69) is 4.98 Å². The van der Waals surface area contributed by atoms with E-state index in [0.29, 0.717) is 12.1 Å². The third-order valence-corrected chi connectivity index (χ3v) is 3.29. The molecule has 1 aromatic carbocycles. The van der Waals surface area contributed by atoms with E-state index in [1.165, 1.54) is 4.90 Å². The lowest BCUT2D eigenvalue weighted by atomic mass is 10.1. The minimum atomic E-state index is -0.163. The summed E-state index contributed by atoms with van der Waals surface area (Å²) in [5.41, 5.74) is 7.25. The van der Waals surface area contributed by atoms with Crippen LogP contribution in [-0.4, -0.2) is 27.4 Å². The van der Waals surface area contributed by atoms with E-state index in [9.17, 15) is 4.79 Å². The van der Waals surface area contributed by atoms with Gasteiger partial charge >= 0.3 is 0 Å². The number of aromatic nitrogens is 1.